The van der Waals surface area contributed by atoms with Gasteiger partial charge in [-0.05, 0) is 58.0 Å². The molecule has 1 saturated heterocycles. The summed E-state index contributed by atoms with van der Waals surface area (Å²) >= 11 is 0. The van der Waals surface area contributed by atoms with Gasteiger partial charge in [0.05, 0.1) is 22.3 Å². The van der Waals surface area contributed by atoms with E-state index < -0.39 is 23.1 Å². The molecule has 0 aliphatic carbocycles. The van der Waals surface area contributed by atoms with E-state index in [1.54, 1.807) is 63.9 Å². The second kappa shape index (κ2) is 12.9. The summed E-state index contributed by atoms with van der Waals surface area (Å²) in [5, 5.41) is 21.0. The topological polar surface area (TPSA) is 132 Å². The number of ether oxygens (including phenoxy) is 4. The van der Waals surface area contributed by atoms with Crippen LogP contribution in [-0.4, -0.2) is 77.0 Å². The average molecular weight is 632 g/mol. The van der Waals surface area contributed by atoms with Crippen molar-refractivity contribution in [3.8, 4) is 28.8 Å². The van der Waals surface area contributed by atoms with Crippen LogP contribution in [0, 0.1) is 24.1 Å². The minimum Gasteiger partial charge on any atom is -0.487 e. The lowest BCUT2D eigenvalue weighted by Gasteiger charge is -2.31. The fraction of sp³-hybridized carbons (Fsp3) is 0.412. The zero-order valence-electron chi connectivity index (χ0n) is 26.7. The molecule has 12 heteroatoms. The number of hydrogen-bond acceptors (Lipinski definition) is 10. The molecule has 4 aromatic rings. The summed E-state index contributed by atoms with van der Waals surface area (Å²) in [5.74, 6) is 0.434. The third-order valence-electron chi connectivity index (χ3n) is 7.58. The molecule has 0 radical (unpaired) electrons. The molecule has 0 atom stereocenters. The van der Waals surface area contributed by atoms with E-state index in [0.29, 0.717) is 77.4 Å². The van der Waals surface area contributed by atoms with Gasteiger partial charge in [-0.1, -0.05) is 6.08 Å². The second-order valence-corrected chi connectivity index (χ2v) is 12.4. The van der Waals surface area contributed by atoms with Crippen molar-refractivity contribution >= 4 is 33.7 Å². The minimum absolute atomic E-state index is 0.0130. The number of anilines is 1. The number of hydrogen-bond donors (Lipinski definition) is 1. The van der Waals surface area contributed by atoms with Crippen molar-refractivity contribution in [1.82, 2.24) is 14.5 Å². The first-order chi connectivity index (χ1) is 21.8. The first-order valence-corrected chi connectivity index (χ1v) is 15.0. The van der Waals surface area contributed by atoms with Crippen molar-refractivity contribution in [3.05, 3.63) is 54.6 Å². The molecule has 46 heavy (non-hydrogen) atoms. The summed E-state index contributed by atoms with van der Waals surface area (Å²) in [6.45, 7) is 11.8. The number of benzene rings is 2. The van der Waals surface area contributed by atoms with Gasteiger partial charge in [-0.15, -0.1) is 6.58 Å². The molecular formula is C34H38FN5O6. The van der Waals surface area contributed by atoms with Gasteiger partial charge in [-0.25, -0.2) is 23.7 Å². The van der Waals surface area contributed by atoms with E-state index in [2.05, 4.69) is 11.6 Å². The maximum absolute atomic E-state index is 15.3. The number of nitrogens with zero attached hydrogens (tertiary/aromatic N) is 5. The molecule has 0 unspecified atom stereocenters. The molecule has 242 valence electrons. The lowest BCUT2D eigenvalue weighted by Crippen LogP contribution is -2.41. The van der Waals surface area contributed by atoms with Crippen molar-refractivity contribution in [1.29, 1.82) is 5.26 Å². The summed E-state index contributed by atoms with van der Waals surface area (Å²) in [6, 6.07) is 9.78. The predicted molar refractivity (Wildman–Crippen MR) is 172 cm³/mol. The largest absolute Gasteiger partial charge is 0.487 e. The number of nitriles is 1. The molecule has 0 amide bonds. The van der Waals surface area contributed by atoms with Gasteiger partial charge in [0.2, 0.25) is 0 Å². The molecule has 3 heterocycles. The van der Waals surface area contributed by atoms with Gasteiger partial charge in [0, 0.05) is 50.6 Å². The first-order valence-electron chi connectivity index (χ1n) is 15.0. The van der Waals surface area contributed by atoms with E-state index in [4.69, 9.17) is 23.9 Å². The Hall–Kier alpha value is -4.73. The van der Waals surface area contributed by atoms with E-state index >= 15 is 4.39 Å². The molecule has 1 aliphatic heterocycles. The van der Waals surface area contributed by atoms with Gasteiger partial charge in [0.1, 0.15) is 35.5 Å². The smallest absolute Gasteiger partial charge is 0.420 e. The van der Waals surface area contributed by atoms with Crippen LogP contribution >= 0.6 is 0 Å². The lowest BCUT2D eigenvalue weighted by molar-refractivity contribution is -0.0858. The summed E-state index contributed by atoms with van der Waals surface area (Å²) in [6.07, 6.45) is 1.86. The molecule has 0 saturated carbocycles. The maximum Gasteiger partial charge on any atom is 0.420 e. The van der Waals surface area contributed by atoms with Gasteiger partial charge >= 0.3 is 6.09 Å². The molecule has 5 rings (SSSR count). The van der Waals surface area contributed by atoms with Gasteiger partial charge < -0.3 is 29.0 Å². The summed E-state index contributed by atoms with van der Waals surface area (Å²) in [4.78, 5) is 25.0. The third kappa shape index (κ3) is 6.76. The number of aryl methyl sites for hydroxylation is 1. The van der Waals surface area contributed by atoms with E-state index in [9.17, 15) is 15.2 Å². The SMILES string of the molecule is C=CCN(C)c1cc(F)cc2c3c(-c4ccc(OCC5(O)CCOCC5)c(OCC#N)c4)nc(C)nc3n(C(=O)OC(C)(C)C)c12. The summed E-state index contributed by atoms with van der Waals surface area (Å²) in [5.41, 5.74) is 0.176. The number of likely N-dealkylation sites (N-methyl/N-ethyl adjacent to an activating group) is 1. The number of aromatic nitrogens is 3. The Morgan fingerprint density at radius 1 is 1.22 bits per heavy atom. The van der Waals surface area contributed by atoms with E-state index in [-0.39, 0.29) is 24.6 Å². The number of carbonyl (C=O) groups excluding carboxylic acids is 1. The Balaban J connectivity index is 1.73. The Bertz CT molecular complexity index is 1830. The van der Waals surface area contributed by atoms with E-state index in [1.807, 2.05) is 6.07 Å². The van der Waals surface area contributed by atoms with Crippen LogP contribution < -0.4 is 14.4 Å². The van der Waals surface area contributed by atoms with E-state index in [0.717, 1.165) is 0 Å². The monoisotopic (exact) mass is 631 g/mol. The van der Waals surface area contributed by atoms with Crippen molar-refractivity contribution in [2.24, 2.45) is 0 Å². The van der Waals surface area contributed by atoms with Crippen molar-refractivity contribution in [2.45, 2.75) is 51.7 Å². The fourth-order valence-electron chi connectivity index (χ4n) is 5.47. The van der Waals surface area contributed by atoms with Crippen LogP contribution in [0.2, 0.25) is 0 Å². The Kier molecular flexibility index (Phi) is 9.19. The van der Waals surface area contributed by atoms with Crippen LogP contribution in [0.25, 0.3) is 33.2 Å². The van der Waals surface area contributed by atoms with E-state index in [1.165, 1.54) is 16.7 Å². The lowest BCUT2D eigenvalue weighted by atomic mass is 9.96. The van der Waals surface area contributed by atoms with Crippen molar-refractivity contribution in [3.63, 3.8) is 0 Å². The van der Waals surface area contributed by atoms with Crippen LogP contribution in [0.1, 0.15) is 39.4 Å². The summed E-state index contributed by atoms with van der Waals surface area (Å²) < 4.78 is 39.6. The number of rotatable bonds is 9. The Morgan fingerprint density at radius 3 is 2.63 bits per heavy atom. The number of halogens is 1. The fourth-order valence-corrected chi connectivity index (χ4v) is 5.47. The zero-order valence-corrected chi connectivity index (χ0v) is 26.7. The minimum atomic E-state index is -1.05. The van der Waals surface area contributed by atoms with Crippen LogP contribution in [0.4, 0.5) is 14.9 Å². The molecule has 0 bridgehead atoms. The van der Waals surface area contributed by atoms with Crippen molar-refractivity contribution in [2.75, 3.05) is 44.9 Å². The van der Waals surface area contributed by atoms with Crippen molar-refractivity contribution < 1.29 is 33.2 Å². The van der Waals surface area contributed by atoms with Crippen LogP contribution in [-0.2, 0) is 9.47 Å². The molecule has 2 aromatic carbocycles. The highest BCUT2D eigenvalue weighted by atomic mass is 19.1. The van der Waals surface area contributed by atoms with Crippen LogP contribution in [0.15, 0.2) is 43.0 Å². The summed E-state index contributed by atoms with van der Waals surface area (Å²) in [7, 11) is 1.78. The molecule has 2 aromatic heterocycles. The second-order valence-electron chi connectivity index (χ2n) is 12.4. The molecular weight excluding hydrogens is 593 g/mol. The number of fused-ring (bicyclic) bond motifs is 3. The molecule has 0 spiro atoms. The highest BCUT2D eigenvalue weighted by molar-refractivity contribution is 6.19. The average Bonchev–Trinajstić information content (AvgIpc) is 3.31. The maximum atomic E-state index is 15.3. The molecule has 11 nitrogen and oxygen atoms in total. The van der Waals surface area contributed by atoms with Gasteiger partial charge in [-0.2, -0.15) is 5.26 Å². The molecule has 1 aliphatic rings. The number of aliphatic hydroxyl groups is 1. The highest BCUT2D eigenvalue weighted by Gasteiger charge is 2.32. The predicted octanol–water partition coefficient (Wildman–Crippen LogP) is 5.93. The normalized spacial score (nSPS) is 14.6. The molecule has 1 N–H and O–H groups in total. The standard InChI is InChI=1S/C34H38FN5O6/c1-7-13-39(6)25-19-23(35)18-24-28-29(37-21(2)38-31(28)40(30(24)25)32(41)46-33(3,4)5)22-8-9-26(27(17-22)44-16-12-36)45-20-34(42)10-14-43-15-11-34/h7-9,17-19,42H,1,10-11,13-16,20H2,2-6H3. The number of carbonyl (C=O) groups is 1. The third-order valence-corrected chi connectivity index (χ3v) is 7.58. The Labute approximate surface area is 266 Å². The van der Waals surface area contributed by atoms with Gasteiger partial charge in [-0.3, -0.25) is 0 Å². The first kappa shape index (κ1) is 32.7. The van der Waals surface area contributed by atoms with Crippen LogP contribution in [0.3, 0.4) is 0 Å². The quantitative estimate of drug-likeness (QED) is 0.222. The van der Waals surface area contributed by atoms with Gasteiger partial charge in [0.15, 0.2) is 23.8 Å². The van der Waals surface area contributed by atoms with Crippen LogP contribution in [0.5, 0.6) is 11.5 Å². The Morgan fingerprint density at radius 2 is 1.96 bits per heavy atom. The zero-order chi connectivity index (χ0) is 33.2. The molecule has 1 fully saturated rings. The highest BCUT2D eigenvalue weighted by Crippen LogP contribution is 2.42. The van der Waals surface area contributed by atoms with Gasteiger partial charge in [0.25, 0.3) is 0 Å².